The first kappa shape index (κ1) is 45.3. The second-order valence-corrected chi connectivity index (χ2v) is 7.21. The number of hydrogen-bond acceptors (Lipinski definition) is 12. The Bertz CT molecular complexity index is 1360. The molecule has 1 aromatic carbocycles. The van der Waals surface area contributed by atoms with E-state index < -0.39 is 17.9 Å². The molecule has 16 heteroatoms. The van der Waals surface area contributed by atoms with Crippen molar-refractivity contribution in [2.24, 2.45) is 9.98 Å². The number of aromatic carboxylic acids is 1. The number of benzene rings is 1. The molecule has 0 amide bonds. The van der Waals surface area contributed by atoms with E-state index in [0.717, 1.165) is 13.3 Å². The Morgan fingerprint density at radius 1 is 0.977 bits per heavy atom. The van der Waals surface area contributed by atoms with Gasteiger partial charge < -0.3 is 53.2 Å². The van der Waals surface area contributed by atoms with Crippen molar-refractivity contribution in [3.05, 3.63) is 83.3 Å². The second kappa shape index (κ2) is 30.3. The Morgan fingerprint density at radius 2 is 1.47 bits per heavy atom. The number of thiocyanates is 3. The smallest absolute Gasteiger partial charge is 0.696 e. The Kier molecular flexibility index (Phi) is 32.0. The van der Waals surface area contributed by atoms with Gasteiger partial charge in [-0.25, -0.2) is 35.4 Å². The van der Waals surface area contributed by atoms with Crippen LogP contribution in [0.5, 0.6) is 0 Å². The van der Waals surface area contributed by atoms with Crippen molar-refractivity contribution in [2.45, 2.75) is 27.2 Å². The van der Waals surface area contributed by atoms with E-state index in [0.29, 0.717) is 11.4 Å². The third-order valence-corrected chi connectivity index (χ3v) is 3.63. The maximum atomic E-state index is 11.8. The Hall–Kier alpha value is -4.65. The standard InChI is InChI=1S/C22H21N3O4.C2H4O2.3CHNS.Ru/c1-3-8-16(9-4-2)23-14-18-12-15(21(26)27)13-19(24-18)20(22(28)29)25-17-10-6-5-7-11-17;1-2(3)4;3*2-1-3;/h3,5-14H,4H2,1-2H3,(H,26,27)(H,28,29);1H3,(H,3,4);3*3H;/q;;;;;+3/p-3/b8-3-,16-9+,23-14?,25-20?;;;;;. The number of nitrogens with zero attached hydrogens (tertiary/aromatic N) is 6. The van der Waals surface area contributed by atoms with E-state index in [1.807, 2.05) is 32.1 Å². The van der Waals surface area contributed by atoms with Gasteiger partial charge in [0.15, 0.2) is 5.71 Å². The van der Waals surface area contributed by atoms with Crippen LogP contribution in [0.25, 0.3) is 0 Å². The predicted octanol–water partition coefficient (Wildman–Crippen LogP) is 4.41. The first-order valence-electron chi connectivity index (χ1n) is 11.2. The number of rotatable bonds is 8. The molecule has 1 heterocycles. The number of allylic oxidation sites excluding steroid dienone is 3. The average molecular weight is 727 g/mol. The van der Waals surface area contributed by atoms with Gasteiger partial charge in [-0.15, -0.1) is 0 Å². The molecule has 0 unspecified atom stereocenters. The fourth-order valence-corrected chi connectivity index (χ4v) is 2.39. The maximum Gasteiger partial charge on any atom is 3.00 e. The number of pyridine rings is 1. The molecule has 2 rings (SSSR count). The first-order chi connectivity index (χ1) is 19.9. The summed E-state index contributed by atoms with van der Waals surface area (Å²) < 4.78 is 0. The number of aromatic nitrogens is 1. The van der Waals surface area contributed by atoms with Crippen molar-refractivity contribution in [3.8, 4) is 16.2 Å². The molecule has 12 nitrogen and oxygen atoms in total. The molecule has 0 aliphatic rings. The van der Waals surface area contributed by atoms with E-state index in [1.165, 1.54) is 34.6 Å². The zero-order valence-electron chi connectivity index (χ0n) is 22.9. The zero-order valence-corrected chi connectivity index (χ0v) is 27.1. The van der Waals surface area contributed by atoms with Crippen molar-refractivity contribution in [2.75, 3.05) is 0 Å². The summed E-state index contributed by atoms with van der Waals surface area (Å²) in [5, 5.41) is 51.8. The molecule has 0 bridgehead atoms. The summed E-state index contributed by atoms with van der Waals surface area (Å²) in [6.45, 7) is 4.92. The van der Waals surface area contributed by atoms with Crippen molar-refractivity contribution >= 4 is 73.4 Å². The molecule has 3 N–H and O–H groups in total. The van der Waals surface area contributed by atoms with Gasteiger partial charge in [-0.05, 0) is 43.7 Å². The minimum Gasteiger partial charge on any atom is -0.696 e. The van der Waals surface area contributed by atoms with Gasteiger partial charge in [-0.3, -0.25) is 9.79 Å². The average Bonchev–Trinajstić information content (AvgIpc) is 2.92. The summed E-state index contributed by atoms with van der Waals surface area (Å²) in [5.74, 6) is -3.35. The Balaban J connectivity index is -0.000000462. The van der Waals surface area contributed by atoms with Crippen LogP contribution in [0.1, 0.15) is 48.9 Å². The largest absolute Gasteiger partial charge is 3.00 e. The van der Waals surface area contributed by atoms with Crippen molar-refractivity contribution in [1.29, 1.82) is 15.8 Å². The van der Waals surface area contributed by atoms with Crippen LogP contribution in [-0.2, 0) is 67.0 Å². The van der Waals surface area contributed by atoms with E-state index in [1.54, 1.807) is 30.3 Å². The topological polar surface area (TPSA) is 221 Å². The molecule has 43 heavy (non-hydrogen) atoms. The van der Waals surface area contributed by atoms with Gasteiger partial charge in [0, 0.05) is 6.92 Å². The summed E-state index contributed by atoms with van der Waals surface area (Å²) in [4.78, 5) is 45.0. The molecule has 0 aliphatic heterocycles. The summed E-state index contributed by atoms with van der Waals surface area (Å²) in [7, 11) is 0. The Labute approximate surface area is 278 Å². The molecular formula is C27H25N6O6RuS3. The predicted molar refractivity (Wildman–Crippen MR) is 164 cm³/mol. The second-order valence-electron chi connectivity index (χ2n) is 6.66. The van der Waals surface area contributed by atoms with E-state index in [4.69, 9.17) is 25.7 Å². The molecule has 0 aliphatic carbocycles. The summed E-state index contributed by atoms with van der Waals surface area (Å²) >= 11 is 11.1. The molecule has 1 aromatic heterocycles. The summed E-state index contributed by atoms with van der Waals surface area (Å²) in [6.07, 6.45) is 7.72. The molecular weight excluding hydrogens is 702 g/mol. The maximum absolute atomic E-state index is 11.8. The van der Waals surface area contributed by atoms with E-state index in [2.05, 4.69) is 52.9 Å². The third-order valence-electron chi connectivity index (χ3n) is 3.63. The van der Waals surface area contributed by atoms with Gasteiger partial charge in [0.25, 0.3) is 5.97 Å². The van der Waals surface area contributed by atoms with Crippen LogP contribution in [0.3, 0.4) is 0 Å². The van der Waals surface area contributed by atoms with E-state index in [9.17, 15) is 19.8 Å². The van der Waals surface area contributed by atoms with Crippen LogP contribution in [-0.4, -0.2) is 50.1 Å². The van der Waals surface area contributed by atoms with Gasteiger partial charge in [-0.1, -0.05) is 53.5 Å². The number of carbonyl (C=O) groups is 3. The van der Waals surface area contributed by atoms with E-state index >= 15 is 0 Å². The SMILES string of the molecule is C/C=C\C(=C/CC)N=Cc1cc(C(=O)O)cc(C(=Nc2ccccc2)C(=O)O)n1.CC(=O)O.N#C[S-].N#C[S-].N#C[S-].[Ru+3]. The molecule has 0 saturated heterocycles. The van der Waals surface area contributed by atoms with Crippen molar-refractivity contribution < 1.29 is 49.2 Å². The van der Waals surface area contributed by atoms with Crippen molar-refractivity contribution in [1.82, 2.24) is 4.98 Å². The van der Waals surface area contributed by atoms with Crippen LogP contribution in [0.4, 0.5) is 5.69 Å². The Morgan fingerprint density at radius 3 is 1.86 bits per heavy atom. The fourth-order valence-electron chi connectivity index (χ4n) is 2.39. The van der Waals surface area contributed by atoms with Crippen LogP contribution in [0.15, 0.2) is 76.4 Å². The van der Waals surface area contributed by atoms with Crippen LogP contribution >= 0.6 is 0 Å². The molecule has 2 aromatic rings. The minimum absolute atomic E-state index is 0. The van der Waals surface area contributed by atoms with Gasteiger partial charge >= 0.3 is 31.4 Å². The normalized spacial score (nSPS) is 9.58. The molecule has 0 fully saturated rings. The van der Waals surface area contributed by atoms with Crippen molar-refractivity contribution in [3.63, 3.8) is 0 Å². The molecule has 1 radical (unpaired) electrons. The number of carboxylic acid groups (broad SMARTS) is 3. The fraction of sp³-hybridized carbons (Fsp3) is 0.148. The van der Waals surface area contributed by atoms with Crippen LogP contribution in [0, 0.1) is 32.0 Å². The monoisotopic (exact) mass is 727 g/mol. The third kappa shape index (κ3) is 26.0. The molecule has 0 atom stereocenters. The van der Waals surface area contributed by atoms with Gasteiger partial charge in [-0.2, -0.15) is 0 Å². The molecule has 225 valence electrons. The molecule has 0 spiro atoms. The summed E-state index contributed by atoms with van der Waals surface area (Å²) in [6, 6.07) is 11.0. The summed E-state index contributed by atoms with van der Waals surface area (Å²) in [5.41, 5.74) is 0.805. The number of nitriles is 3. The van der Waals surface area contributed by atoms with Crippen LogP contribution < -0.4 is 0 Å². The minimum atomic E-state index is -1.31. The zero-order chi connectivity index (χ0) is 32.9. The van der Waals surface area contributed by atoms with Gasteiger partial charge in [0.1, 0.15) is 0 Å². The number of aliphatic imine (C=N–C) groups is 2. The number of aliphatic carboxylic acids is 2. The number of hydrogen-bond donors (Lipinski definition) is 3. The van der Waals surface area contributed by atoms with E-state index in [-0.39, 0.29) is 42.1 Å². The van der Waals surface area contributed by atoms with Crippen LogP contribution in [0.2, 0.25) is 0 Å². The molecule has 0 saturated carbocycles. The first-order valence-corrected chi connectivity index (χ1v) is 12.4. The number of para-hydroxylation sites is 1. The van der Waals surface area contributed by atoms with Gasteiger partial charge in [0.2, 0.25) is 0 Å². The number of carboxylic acids is 3. The quantitative estimate of drug-likeness (QED) is 0.113. The van der Waals surface area contributed by atoms with Gasteiger partial charge in [0.05, 0.1) is 34.6 Å².